The van der Waals surface area contributed by atoms with Crippen molar-refractivity contribution in [2.24, 2.45) is 0 Å². The van der Waals surface area contributed by atoms with Crippen LogP contribution in [0.25, 0.3) is 5.52 Å². The van der Waals surface area contributed by atoms with Crippen LogP contribution in [0.4, 0.5) is 10.3 Å². The van der Waals surface area contributed by atoms with Gasteiger partial charge in [0.1, 0.15) is 23.4 Å². The predicted octanol–water partition coefficient (Wildman–Crippen LogP) is 3.24. The number of rotatable bonds is 5. The van der Waals surface area contributed by atoms with Gasteiger partial charge >= 0.3 is 5.97 Å². The lowest BCUT2D eigenvalue weighted by atomic mass is 9.90. The highest BCUT2D eigenvalue weighted by Gasteiger charge is 2.34. The van der Waals surface area contributed by atoms with Gasteiger partial charge in [-0.15, -0.1) is 5.10 Å². The molecule has 3 heterocycles. The SMILES string of the molecule is CC(=O)O[C@@H]1COCC[C@H]1Nc1ncc2c(Cl)c(C#N)c(C(C)C(C)(C)F)n2n1. The monoisotopic (exact) mass is 423 g/mol. The number of hydrogen-bond donors (Lipinski definition) is 1. The standard InChI is InChI=1S/C19H23ClFN5O3/c1-10(19(3,4)21)17-12(7-22)16(20)14-8-23-18(25-26(14)17)24-13-5-6-28-9-15(13)29-11(2)27/h8,10,13,15H,5-6,9H2,1-4H3,(H,24,25)/t10?,13-,15-/m1/s1. The van der Waals surface area contributed by atoms with Gasteiger partial charge < -0.3 is 14.8 Å². The molecule has 2 aromatic heterocycles. The van der Waals surface area contributed by atoms with E-state index >= 15 is 0 Å². The number of carbonyl (C=O) groups excluding carboxylic acids is 1. The summed E-state index contributed by atoms with van der Waals surface area (Å²) in [6.07, 6.45) is 1.60. The molecular weight excluding hydrogens is 401 g/mol. The van der Waals surface area contributed by atoms with E-state index in [-0.39, 0.29) is 29.2 Å². The number of hydrogen-bond acceptors (Lipinski definition) is 7. The van der Waals surface area contributed by atoms with Crippen molar-refractivity contribution < 1.29 is 18.7 Å². The molecule has 0 bridgehead atoms. The molecule has 0 aliphatic carbocycles. The van der Waals surface area contributed by atoms with Gasteiger partial charge in [-0.2, -0.15) is 5.26 Å². The van der Waals surface area contributed by atoms with Crippen LogP contribution in [0.3, 0.4) is 0 Å². The van der Waals surface area contributed by atoms with Crippen molar-refractivity contribution in [3.63, 3.8) is 0 Å². The molecule has 1 saturated heterocycles. The van der Waals surface area contributed by atoms with E-state index in [1.807, 2.05) is 0 Å². The molecule has 3 atom stereocenters. The number of nitriles is 1. The summed E-state index contributed by atoms with van der Waals surface area (Å²) in [6, 6.07) is 1.81. The summed E-state index contributed by atoms with van der Waals surface area (Å²) in [6.45, 7) is 6.68. The van der Waals surface area contributed by atoms with Gasteiger partial charge in [0.15, 0.2) is 0 Å². The molecule has 1 N–H and O–H groups in total. The number of esters is 1. The third-order valence-corrected chi connectivity index (χ3v) is 5.53. The van der Waals surface area contributed by atoms with Crippen LogP contribution in [0.1, 0.15) is 51.3 Å². The van der Waals surface area contributed by atoms with E-state index in [1.165, 1.54) is 31.5 Å². The second-order valence-corrected chi connectivity index (χ2v) is 7.99. The van der Waals surface area contributed by atoms with Crippen molar-refractivity contribution in [1.29, 1.82) is 5.26 Å². The summed E-state index contributed by atoms with van der Waals surface area (Å²) < 4.78 is 26.8. The zero-order valence-electron chi connectivity index (χ0n) is 16.7. The first-order valence-electron chi connectivity index (χ1n) is 9.31. The summed E-state index contributed by atoms with van der Waals surface area (Å²) in [5.41, 5.74) is -0.611. The lowest BCUT2D eigenvalue weighted by Crippen LogP contribution is -2.44. The smallest absolute Gasteiger partial charge is 0.303 e. The Balaban J connectivity index is 2.01. The number of anilines is 1. The molecule has 1 fully saturated rings. The Labute approximate surface area is 172 Å². The number of ether oxygens (including phenoxy) is 2. The molecule has 1 aliphatic rings. The highest BCUT2D eigenvalue weighted by atomic mass is 35.5. The van der Waals surface area contributed by atoms with Crippen LogP contribution >= 0.6 is 11.6 Å². The third kappa shape index (κ3) is 4.28. The van der Waals surface area contributed by atoms with Crippen LogP contribution in [0.5, 0.6) is 0 Å². The van der Waals surface area contributed by atoms with Crippen LogP contribution in [0.15, 0.2) is 6.20 Å². The molecule has 0 saturated carbocycles. The van der Waals surface area contributed by atoms with Gasteiger partial charge in [-0.3, -0.25) is 4.79 Å². The number of alkyl halides is 1. The molecular formula is C19H23ClFN5O3. The zero-order valence-corrected chi connectivity index (χ0v) is 17.5. The molecule has 3 rings (SSSR count). The fourth-order valence-electron chi connectivity index (χ4n) is 3.30. The molecule has 29 heavy (non-hydrogen) atoms. The lowest BCUT2D eigenvalue weighted by molar-refractivity contribution is -0.153. The van der Waals surface area contributed by atoms with Gasteiger partial charge in [-0.25, -0.2) is 13.9 Å². The maximum atomic E-state index is 14.7. The van der Waals surface area contributed by atoms with Gasteiger partial charge in [0.2, 0.25) is 5.95 Å². The number of nitrogens with zero attached hydrogens (tertiary/aromatic N) is 4. The highest BCUT2D eigenvalue weighted by Crippen LogP contribution is 2.38. The highest BCUT2D eigenvalue weighted by molar-refractivity contribution is 6.35. The Hall–Kier alpha value is -2.44. The molecule has 156 valence electrons. The van der Waals surface area contributed by atoms with Gasteiger partial charge in [-0.1, -0.05) is 18.5 Å². The van der Waals surface area contributed by atoms with E-state index < -0.39 is 23.7 Å². The van der Waals surface area contributed by atoms with E-state index in [0.29, 0.717) is 24.2 Å². The minimum absolute atomic E-state index is 0.181. The number of halogens is 2. The minimum atomic E-state index is -1.59. The number of carbonyl (C=O) groups is 1. The first-order chi connectivity index (χ1) is 13.6. The summed E-state index contributed by atoms with van der Waals surface area (Å²) in [5.74, 6) is -0.791. The van der Waals surface area contributed by atoms with Gasteiger partial charge in [0.25, 0.3) is 0 Å². The van der Waals surface area contributed by atoms with Crippen LogP contribution < -0.4 is 5.32 Å². The molecule has 10 heteroatoms. The van der Waals surface area contributed by atoms with Gasteiger partial charge in [-0.05, 0) is 20.3 Å². The molecule has 1 unspecified atom stereocenters. The Morgan fingerprint density at radius 3 is 2.93 bits per heavy atom. The topological polar surface area (TPSA) is 102 Å². The zero-order chi connectivity index (χ0) is 21.3. The van der Waals surface area contributed by atoms with Crippen molar-refractivity contribution in [3.8, 4) is 6.07 Å². The Bertz CT molecular complexity index is 965. The second kappa shape index (κ2) is 8.13. The van der Waals surface area contributed by atoms with E-state index in [4.69, 9.17) is 21.1 Å². The van der Waals surface area contributed by atoms with Crippen molar-refractivity contribution in [1.82, 2.24) is 14.6 Å². The normalized spacial score (nSPS) is 20.9. The largest absolute Gasteiger partial charge is 0.458 e. The Morgan fingerprint density at radius 2 is 2.31 bits per heavy atom. The minimum Gasteiger partial charge on any atom is -0.458 e. The van der Waals surface area contributed by atoms with E-state index in [0.717, 1.165) is 0 Å². The molecule has 8 nitrogen and oxygen atoms in total. The van der Waals surface area contributed by atoms with E-state index in [9.17, 15) is 14.4 Å². The number of fused-ring (bicyclic) bond motifs is 1. The molecule has 2 aromatic rings. The summed E-state index contributed by atoms with van der Waals surface area (Å²) >= 11 is 6.34. The van der Waals surface area contributed by atoms with Gasteiger partial charge in [0.05, 0.1) is 35.1 Å². The number of nitrogens with one attached hydrogen (secondary N) is 1. The maximum Gasteiger partial charge on any atom is 0.303 e. The van der Waals surface area contributed by atoms with E-state index in [2.05, 4.69) is 21.5 Å². The van der Waals surface area contributed by atoms with Crippen molar-refractivity contribution in [2.75, 3.05) is 18.5 Å². The molecule has 0 spiro atoms. The second-order valence-electron chi connectivity index (χ2n) is 7.61. The number of aromatic nitrogens is 3. The van der Waals surface area contributed by atoms with Crippen molar-refractivity contribution >= 4 is 29.0 Å². The van der Waals surface area contributed by atoms with E-state index in [1.54, 1.807) is 6.92 Å². The van der Waals surface area contributed by atoms with Crippen LogP contribution in [-0.4, -0.2) is 51.6 Å². The Morgan fingerprint density at radius 1 is 1.59 bits per heavy atom. The molecule has 0 amide bonds. The van der Waals surface area contributed by atoms with Crippen LogP contribution in [-0.2, 0) is 14.3 Å². The Kier molecular flexibility index (Phi) is 5.96. The molecule has 1 aliphatic heterocycles. The van der Waals surface area contributed by atoms with Gasteiger partial charge in [0, 0.05) is 19.4 Å². The lowest BCUT2D eigenvalue weighted by Gasteiger charge is -2.31. The summed E-state index contributed by atoms with van der Waals surface area (Å²) in [7, 11) is 0. The molecule has 0 aromatic carbocycles. The van der Waals surface area contributed by atoms with Crippen LogP contribution in [0, 0.1) is 11.3 Å². The van der Waals surface area contributed by atoms with Crippen molar-refractivity contribution in [2.45, 2.75) is 57.8 Å². The third-order valence-electron chi connectivity index (χ3n) is 5.15. The predicted molar refractivity (Wildman–Crippen MR) is 105 cm³/mol. The maximum absolute atomic E-state index is 14.7. The first-order valence-corrected chi connectivity index (χ1v) is 9.69. The fourth-order valence-corrected chi connectivity index (χ4v) is 3.57. The summed E-state index contributed by atoms with van der Waals surface area (Å²) in [4.78, 5) is 15.6. The fraction of sp³-hybridized carbons (Fsp3) is 0.579. The quantitative estimate of drug-likeness (QED) is 0.736. The molecule has 0 radical (unpaired) electrons. The van der Waals surface area contributed by atoms with Crippen molar-refractivity contribution in [3.05, 3.63) is 22.5 Å². The average molecular weight is 424 g/mol. The van der Waals surface area contributed by atoms with Crippen LogP contribution in [0.2, 0.25) is 5.02 Å². The summed E-state index contributed by atoms with van der Waals surface area (Å²) in [5, 5.41) is 17.4. The average Bonchev–Trinajstić information content (AvgIpc) is 2.92. The first kappa shape index (κ1) is 21.3.